The maximum Gasteiger partial charge on any atom is 0.279 e. The second-order valence-corrected chi connectivity index (χ2v) is 8.46. The molecule has 1 aliphatic rings. The lowest BCUT2D eigenvalue weighted by molar-refractivity contribution is -0.895. The van der Waals surface area contributed by atoms with Gasteiger partial charge in [0, 0.05) is 5.69 Å². The van der Waals surface area contributed by atoms with Gasteiger partial charge in [0.2, 0.25) is 10.0 Å². The van der Waals surface area contributed by atoms with Crippen LogP contribution in [0.15, 0.2) is 53.4 Å². The molecule has 2 N–H and O–H groups in total. The minimum atomic E-state index is -3.66. The van der Waals surface area contributed by atoms with Crippen LogP contribution in [-0.4, -0.2) is 51.4 Å². The number of benzene rings is 2. The third-order valence-electron chi connectivity index (χ3n) is 4.59. The van der Waals surface area contributed by atoms with Gasteiger partial charge in [-0.15, -0.1) is 0 Å². The number of carbonyl (C=O) groups excluding carboxylic acids is 1. The number of sulfonamides is 1. The Morgan fingerprint density at radius 2 is 1.71 bits per heavy atom. The number of nitriles is 1. The van der Waals surface area contributed by atoms with E-state index in [9.17, 15) is 17.6 Å². The van der Waals surface area contributed by atoms with Gasteiger partial charge in [-0.3, -0.25) is 4.79 Å². The largest absolute Gasteiger partial charge is 0.325 e. The Labute approximate surface area is 163 Å². The Balaban J connectivity index is 1.52. The highest BCUT2D eigenvalue weighted by Crippen LogP contribution is 2.16. The van der Waals surface area contributed by atoms with E-state index in [0.717, 1.165) is 17.0 Å². The van der Waals surface area contributed by atoms with Gasteiger partial charge >= 0.3 is 0 Å². The van der Waals surface area contributed by atoms with Gasteiger partial charge in [0.05, 0.1) is 42.7 Å². The monoisotopic (exact) mass is 403 g/mol. The number of nitrogens with zero attached hydrogens (tertiary/aromatic N) is 2. The topological polar surface area (TPSA) is 94.7 Å². The van der Waals surface area contributed by atoms with E-state index >= 15 is 0 Å². The maximum absolute atomic E-state index is 13.0. The molecule has 1 amide bonds. The molecule has 2 aromatic carbocycles. The van der Waals surface area contributed by atoms with Gasteiger partial charge in [-0.05, 0) is 48.5 Å². The first-order valence-electron chi connectivity index (χ1n) is 8.78. The molecule has 9 heteroatoms. The fourth-order valence-electron chi connectivity index (χ4n) is 3.04. The Kier molecular flexibility index (Phi) is 6.04. The van der Waals surface area contributed by atoms with Crippen molar-refractivity contribution in [3.05, 3.63) is 59.9 Å². The highest BCUT2D eigenvalue weighted by Gasteiger charge is 2.31. The van der Waals surface area contributed by atoms with E-state index in [2.05, 4.69) is 5.32 Å². The molecule has 1 heterocycles. The number of halogens is 1. The molecule has 1 fully saturated rings. The third kappa shape index (κ3) is 4.72. The molecular formula is C19H20FN4O3S+. The lowest BCUT2D eigenvalue weighted by atomic mass is 10.2. The Morgan fingerprint density at radius 3 is 2.29 bits per heavy atom. The summed E-state index contributed by atoms with van der Waals surface area (Å²) in [6.45, 7) is 1.81. The summed E-state index contributed by atoms with van der Waals surface area (Å²) >= 11 is 0. The van der Waals surface area contributed by atoms with Crippen LogP contribution in [0, 0.1) is 17.1 Å². The average Bonchev–Trinajstić information content (AvgIpc) is 2.69. The van der Waals surface area contributed by atoms with Gasteiger partial charge < -0.3 is 10.2 Å². The van der Waals surface area contributed by atoms with Gasteiger partial charge in [-0.1, -0.05) is 0 Å². The number of hydrogen-bond acceptors (Lipinski definition) is 4. The van der Waals surface area contributed by atoms with Crippen LogP contribution in [-0.2, 0) is 14.8 Å². The van der Waals surface area contributed by atoms with E-state index in [0.29, 0.717) is 37.4 Å². The van der Waals surface area contributed by atoms with Crippen LogP contribution in [0.3, 0.4) is 0 Å². The van der Waals surface area contributed by atoms with E-state index < -0.39 is 15.8 Å². The number of anilines is 1. The van der Waals surface area contributed by atoms with Crippen LogP contribution in [0.2, 0.25) is 0 Å². The van der Waals surface area contributed by atoms with Gasteiger partial charge in [0.25, 0.3) is 5.91 Å². The summed E-state index contributed by atoms with van der Waals surface area (Å²) in [6.07, 6.45) is 0. The molecular weight excluding hydrogens is 383 g/mol. The van der Waals surface area contributed by atoms with E-state index in [1.165, 1.54) is 16.4 Å². The first-order valence-corrected chi connectivity index (χ1v) is 10.2. The van der Waals surface area contributed by atoms with E-state index in [4.69, 9.17) is 5.26 Å². The van der Waals surface area contributed by atoms with Crippen LogP contribution in [0.4, 0.5) is 10.1 Å². The van der Waals surface area contributed by atoms with E-state index in [1.54, 1.807) is 24.3 Å². The van der Waals surface area contributed by atoms with Crippen molar-refractivity contribution in [2.75, 3.05) is 38.0 Å². The van der Waals surface area contributed by atoms with Crippen LogP contribution in [0.25, 0.3) is 0 Å². The molecule has 146 valence electrons. The molecule has 2 aromatic rings. The second kappa shape index (κ2) is 8.48. The van der Waals surface area contributed by atoms with Crippen molar-refractivity contribution in [3.8, 4) is 6.07 Å². The zero-order valence-corrected chi connectivity index (χ0v) is 15.9. The minimum absolute atomic E-state index is 0.0657. The van der Waals surface area contributed by atoms with Crippen LogP contribution < -0.4 is 10.2 Å². The van der Waals surface area contributed by atoms with Gasteiger partial charge in [0.1, 0.15) is 5.82 Å². The van der Waals surface area contributed by atoms with Crippen molar-refractivity contribution in [2.24, 2.45) is 0 Å². The lowest BCUT2D eigenvalue weighted by Crippen LogP contribution is -3.15. The summed E-state index contributed by atoms with van der Waals surface area (Å²) in [7, 11) is -3.66. The van der Waals surface area contributed by atoms with Crippen molar-refractivity contribution >= 4 is 21.6 Å². The van der Waals surface area contributed by atoms with Gasteiger partial charge in [0.15, 0.2) is 6.54 Å². The molecule has 0 aromatic heterocycles. The first-order chi connectivity index (χ1) is 13.4. The Bertz CT molecular complexity index is 977. The van der Waals surface area contributed by atoms with E-state index in [-0.39, 0.29) is 17.3 Å². The molecule has 7 nitrogen and oxygen atoms in total. The average molecular weight is 403 g/mol. The summed E-state index contributed by atoms with van der Waals surface area (Å²) in [6, 6.07) is 13.4. The zero-order chi connectivity index (χ0) is 20.1. The second-order valence-electron chi connectivity index (χ2n) is 6.52. The summed E-state index contributed by atoms with van der Waals surface area (Å²) in [5, 5.41) is 11.6. The fourth-order valence-corrected chi connectivity index (χ4v) is 4.48. The quantitative estimate of drug-likeness (QED) is 0.747. The molecule has 0 bridgehead atoms. The van der Waals surface area contributed by atoms with Crippen LogP contribution in [0.1, 0.15) is 5.56 Å². The molecule has 0 spiro atoms. The number of piperazine rings is 1. The predicted molar refractivity (Wildman–Crippen MR) is 101 cm³/mol. The van der Waals surface area contributed by atoms with Gasteiger partial charge in [-0.2, -0.15) is 9.57 Å². The normalized spacial score (nSPS) is 15.7. The van der Waals surface area contributed by atoms with Crippen molar-refractivity contribution in [1.82, 2.24) is 4.31 Å². The van der Waals surface area contributed by atoms with Crippen molar-refractivity contribution in [2.45, 2.75) is 4.90 Å². The molecule has 0 aliphatic carbocycles. The highest BCUT2D eigenvalue weighted by molar-refractivity contribution is 7.89. The molecule has 0 saturated carbocycles. The summed E-state index contributed by atoms with van der Waals surface area (Å²) in [5.74, 6) is -0.656. The van der Waals surface area contributed by atoms with Crippen LogP contribution >= 0.6 is 0 Å². The van der Waals surface area contributed by atoms with Gasteiger partial charge in [-0.25, -0.2) is 12.8 Å². The molecule has 0 unspecified atom stereocenters. The van der Waals surface area contributed by atoms with E-state index in [1.807, 2.05) is 6.07 Å². The molecule has 1 aliphatic heterocycles. The number of rotatable bonds is 5. The first kappa shape index (κ1) is 19.9. The van der Waals surface area contributed by atoms with Crippen molar-refractivity contribution in [1.29, 1.82) is 5.26 Å². The zero-order valence-electron chi connectivity index (χ0n) is 15.1. The summed E-state index contributed by atoms with van der Waals surface area (Å²) in [5.41, 5.74) is 1.13. The number of hydrogen-bond donors (Lipinski definition) is 2. The summed E-state index contributed by atoms with van der Waals surface area (Å²) in [4.78, 5) is 13.3. The Hall–Kier alpha value is -2.80. The molecule has 28 heavy (non-hydrogen) atoms. The molecule has 0 radical (unpaired) electrons. The van der Waals surface area contributed by atoms with Crippen molar-refractivity contribution in [3.63, 3.8) is 0 Å². The molecule has 3 rings (SSSR count). The SMILES string of the molecule is N#Cc1ccc(NC(=O)C[NH+]2CCN(S(=O)(=O)c3ccc(F)cc3)CC2)cc1. The highest BCUT2D eigenvalue weighted by atomic mass is 32.2. The lowest BCUT2D eigenvalue weighted by Gasteiger charge is -2.31. The molecule has 0 atom stereocenters. The summed E-state index contributed by atoms with van der Waals surface area (Å²) < 4.78 is 39.6. The standard InChI is InChI=1S/C19H19FN4O3S/c20-16-3-7-18(8-4-16)28(26,27)24-11-9-23(10-12-24)14-19(25)22-17-5-1-15(13-21)2-6-17/h1-8H,9-12,14H2,(H,22,25)/p+1. The number of carbonyl (C=O) groups is 1. The number of nitrogens with one attached hydrogen (secondary N) is 2. The third-order valence-corrected chi connectivity index (χ3v) is 6.50. The number of amides is 1. The maximum atomic E-state index is 13.0. The fraction of sp³-hybridized carbons (Fsp3) is 0.263. The predicted octanol–water partition coefficient (Wildman–Crippen LogP) is 0.225. The van der Waals surface area contributed by atoms with Crippen molar-refractivity contribution < 1.29 is 22.5 Å². The number of quaternary nitrogens is 1. The Morgan fingerprint density at radius 1 is 1.11 bits per heavy atom. The molecule has 1 saturated heterocycles. The van der Waals surface area contributed by atoms with Crippen LogP contribution in [0.5, 0.6) is 0 Å². The smallest absolute Gasteiger partial charge is 0.279 e. The minimum Gasteiger partial charge on any atom is -0.325 e.